The summed E-state index contributed by atoms with van der Waals surface area (Å²) >= 11 is 0. The van der Waals surface area contributed by atoms with E-state index in [-0.39, 0.29) is 0 Å². The van der Waals surface area contributed by atoms with Crippen LogP contribution in [0.25, 0.3) is 0 Å². The standard InChI is InChI=1S/C15H24N2O3/c1-2-3-8-12-16-13(20-17-12)11-15(14(18)19)9-6-4-5-7-10-15/h2-11H2,1H3,(H,18,19). The van der Waals surface area contributed by atoms with Crippen molar-refractivity contribution in [1.29, 1.82) is 0 Å². The van der Waals surface area contributed by atoms with Crippen molar-refractivity contribution in [3.8, 4) is 0 Å². The third-order valence-electron chi connectivity index (χ3n) is 4.27. The highest BCUT2D eigenvalue weighted by atomic mass is 16.5. The normalized spacial score (nSPS) is 18.6. The first-order chi connectivity index (χ1) is 9.66. The maximum Gasteiger partial charge on any atom is 0.310 e. The summed E-state index contributed by atoms with van der Waals surface area (Å²) in [5.41, 5.74) is -0.703. The van der Waals surface area contributed by atoms with Gasteiger partial charge < -0.3 is 9.63 Å². The molecular formula is C15H24N2O3. The van der Waals surface area contributed by atoms with Gasteiger partial charge in [-0.1, -0.05) is 44.2 Å². The summed E-state index contributed by atoms with van der Waals surface area (Å²) in [6, 6.07) is 0. The number of nitrogens with zero attached hydrogens (tertiary/aromatic N) is 2. The summed E-state index contributed by atoms with van der Waals surface area (Å²) in [6.45, 7) is 2.12. The average Bonchev–Trinajstić information content (AvgIpc) is 2.72. The Hall–Kier alpha value is -1.39. The third kappa shape index (κ3) is 3.58. The SMILES string of the molecule is CCCCc1noc(CC2(C(=O)O)CCCCCC2)n1. The summed E-state index contributed by atoms with van der Waals surface area (Å²) in [7, 11) is 0. The quantitative estimate of drug-likeness (QED) is 0.808. The molecule has 0 bridgehead atoms. The number of carboxylic acid groups (broad SMARTS) is 1. The molecule has 2 rings (SSSR count). The molecule has 0 aromatic carbocycles. The van der Waals surface area contributed by atoms with Crippen molar-refractivity contribution in [2.75, 3.05) is 0 Å². The minimum atomic E-state index is -0.715. The zero-order chi connectivity index (χ0) is 14.4. The first-order valence-electron chi connectivity index (χ1n) is 7.71. The van der Waals surface area contributed by atoms with Crippen LogP contribution in [0.5, 0.6) is 0 Å². The predicted octanol–water partition coefficient (Wildman–Crippen LogP) is 3.38. The lowest BCUT2D eigenvalue weighted by Crippen LogP contribution is -2.33. The molecule has 1 aromatic heterocycles. The number of carboxylic acids is 1. The Morgan fingerprint density at radius 2 is 2.00 bits per heavy atom. The van der Waals surface area contributed by atoms with Gasteiger partial charge in [0, 0.05) is 12.8 Å². The second kappa shape index (κ2) is 6.86. The number of unbranched alkanes of at least 4 members (excludes halogenated alkanes) is 1. The smallest absolute Gasteiger partial charge is 0.310 e. The molecule has 0 unspecified atom stereocenters. The van der Waals surface area contributed by atoms with E-state index < -0.39 is 11.4 Å². The van der Waals surface area contributed by atoms with Crippen molar-refractivity contribution in [3.63, 3.8) is 0 Å². The molecule has 5 heteroatoms. The molecule has 1 saturated carbocycles. The molecule has 1 aromatic rings. The van der Waals surface area contributed by atoms with Crippen LogP contribution in [0.4, 0.5) is 0 Å². The topological polar surface area (TPSA) is 76.2 Å². The molecule has 1 heterocycles. The molecule has 1 fully saturated rings. The van der Waals surface area contributed by atoms with Gasteiger partial charge >= 0.3 is 5.97 Å². The number of aromatic nitrogens is 2. The van der Waals surface area contributed by atoms with Gasteiger partial charge in [0.2, 0.25) is 5.89 Å². The van der Waals surface area contributed by atoms with Crippen LogP contribution in [0.2, 0.25) is 0 Å². The Morgan fingerprint density at radius 3 is 2.60 bits per heavy atom. The molecular weight excluding hydrogens is 256 g/mol. The van der Waals surface area contributed by atoms with E-state index in [0.717, 1.165) is 57.8 Å². The molecule has 112 valence electrons. The second-order valence-electron chi connectivity index (χ2n) is 5.88. The molecule has 1 aliphatic rings. The van der Waals surface area contributed by atoms with E-state index >= 15 is 0 Å². The zero-order valence-electron chi connectivity index (χ0n) is 12.2. The maximum absolute atomic E-state index is 11.7. The highest BCUT2D eigenvalue weighted by molar-refractivity contribution is 5.74. The second-order valence-corrected chi connectivity index (χ2v) is 5.88. The molecule has 1 aliphatic carbocycles. The molecule has 0 aliphatic heterocycles. The molecule has 0 spiro atoms. The van der Waals surface area contributed by atoms with Crippen molar-refractivity contribution >= 4 is 5.97 Å². The number of rotatable bonds is 6. The summed E-state index contributed by atoms with van der Waals surface area (Å²) in [6.07, 6.45) is 8.94. The molecule has 0 saturated heterocycles. The number of hydrogen-bond acceptors (Lipinski definition) is 4. The van der Waals surface area contributed by atoms with Gasteiger partial charge in [-0.25, -0.2) is 0 Å². The van der Waals surface area contributed by atoms with Crippen LogP contribution in [0, 0.1) is 5.41 Å². The van der Waals surface area contributed by atoms with E-state index in [2.05, 4.69) is 17.1 Å². The lowest BCUT2D eigenvalue weighted by molar-refractivity contribution is -0.150. The maximum atomic E-state index is 11.7. The van der Waals surface area contributed by atoms with Crippen LogP contribution in [0.1, 0.15) is 70.0 Å². The van der Waals surface area contributed by atoms with E-state index in [1.165, 1.54) is 0 Å². The Labute approximate surface area is 119 Å². The van der Waals surface area contributed by atoms with Crippen LogP contribution in [0.15, 0.2) is 4.52 Å². The van der Waals surface area contributed by atoms with Gasteiger partial charge in [-0.05, 0) is 19.3 Å². The van der Waals surface area contributed by atoms with E-state index in [0.29, 0.717) is 18.1 Å². The summed E-state index contributed by atoms with van der Waals surface area (Å²) in [4.78, 5) is 16.1. The molecule has 0 amide bonds. The van der Waals surface area contributed by atoms with Crippen molar-refractivity contribution < 1.29 is 14.4 Å². The van der Waals surface area contributed by atoms with Crippen molar-refractivity contribution in [1.82, 2.24) is 10.1 Å². The van der Waals surface area contributed by atoms with Gasteiger partial charge in [-0.15, -0.1) is 0 Å². The van der Waals surface area contributed by atoms with Crippen LogP contribution >= 0.6 is 0 Å². The fourth-order valence-electron chi connectivity index (χ4n) is 2.96. The Balaban J connectivity index is 2.07. The monoisotopic (exact) mass is 280 g/mol. The zero-order valence-corrected chi connectivity index (χ0v) is 12.2. The molecule has 0 atom stereocenters. The van der Waals surface area contributed by atoms with Crippen LogP contribution < -0.4 is 0 Å². The van der Waals surface area contributed by atoms with Crippen molar-refractivity contribution in [2.24, 2.45) is 5.41 Å². The van der Waals surface area contributed by atoms with Crippen LogP contribution in [0.3, 0.4) is 0 Å². The predicted molar refractivity (Wildman–Crippen MR) is 74.4 cm³/mol. The van der Waals surface area contributed by atoms with E-state index in [1.54, 1.807) is 0 Å². The highest BCUT2D eigenvalue weighted by Gasteiger charge is 2.40. The number of carbonyl (C=O) groups is 1. The summed E-state index contributed by atoms with van der Waals surface area (Å²) in [5, 5.41) is 13.6. The third-order valence-corrected chi connectivity index (χ3v) is 4.27. The Morgan fingerprint density at radius 1 is 1.30 bits per heavy atom. The Bertz CT molecular complexity index is 434. The number of aryl methyl sites for hydroxylation is 1. The van der Waals surface area contributed by atoms with Gasteiger partial charge in [-0.3, -0.25) is 4.79 Å². The van der Waals surface area contributed by atoms with Crippen LogP contribution in [-0.2, 0) is 17.6 Å². The summed E-state index contributed by atoms with van der Waals surface area (Å²) < 4.78 is 5.26. The largest absolute Gasteiger partial charge is 0.481 e. The average molecular weight is 280 g/mol. The fourth-order valence-corrected chi connectivity index (χ4v) is 2.96. The molecule has 0 radical (unpaired) electrons. The minimum Gasteiger partial charge on any atom is -0.481 e. The molecule has 5 nitrogen and oxygen atoms in total. The first-order valence-corrected chi connectivity index (χ1v) is 7.71. The van der Waals surface area contributed by atoms with Gasteiger partial charge in [0.15, 0.2) is 5.82 Å². The van der Waals surface area contributed by atoms with E-state index in [9.17, 15) is 9.90 Å². The van der Waals surface area contributed by atoms with Gasteiger partial charge in [-0.2, -0.15) is 4.98 Å². The summed E-state index contributed by atoms with van der Waals surface area (Å²) in [5.74, 6) is 0.476. The molecule has 20 heavy (non-hydrogen) atoms. The van der Waals surface area contributed by atoms with Crippen molar-refractivity contribution in [3.05, 3.63) is 11.7 Å². The fraction of sp³-hybridized carbons (Fsp3) is 0.800. The van der Waals surface area contributed by atoms with E-state index in [4.69, 9.17) is 4.52 Å². The minimum absolute atomic E-state index is 0.376. The number of aliphatic carboxylic acids is 1. The van der Waals surface area contributed by atoms with Gasteiger partial charge in [0.05, 0.1) is 5.41 Å². The first kappa shape index (κ1) is 15.0. The van der Waals surface area contributed by atoms with Crippen LogP contribution in [-0.4, -0.2) is 21.2 Å². The van der Waals surface area contributed by atoms with E-state index in [1.807, 2.05) is 0 Å². The lowest BCUT2D eigenvalue weighted by atomic mass is 9.77. The highest BCUT2D eigenvalue weighted by Crippen LogP contribution is 2.38. The Kier molecular flexibility index (Phi) is 5.15. The number of hydrogen-bond donors (Lipinski definition) is 1. The van der Waals surface area contributed by atoms with Gasteiger partial charge in [0.1, 0.15) is 0 Å². The van der Waals surface area contributed by atoms with Crippen molar-refractivity contribution in [2.45, 2.75) is 71.1 Å². The van der Waals surface area contributed by atoms with Gasteiger partial charge in [0.25, 0.3) is 0 Å². The molecule has 1 N–H and O–H groups in total. The lowest BCUT2D eigenvalue weighted by Gasteiger charge is -2.26.